The average molecular weight is 617 g/mol. The molecule has 1 saturated carbocycles. The molecule has 10 heteroatoms. The fourth-order valence-corrected chi connectivity index (χ4v) is 6.27. The van der Waals surface area contributed by atoms with Crippen molar-refractivity contribution in [2.24, 2.45) is 0 Å². The Kier molecular flexibility index (Phi) is 10.7. The number of carbonyl (C=O) groups excluding carboxylic acids is 2. The Morgan fingerprint density at radius 3 is 2.07 bits per heavy atom. The van der Waals surface area contributed by atoms with Crippen molar-refractivity contribution in [2.45, 2.75) is 57.2 Å². The van der Waals surface area contributed by atoms with E-state index in [1.807, 2.05) is 60.7 Å². The molecule has 2 amide bonds. The van der Waals surface area contributed by atoms with Crippen molar-refractivity contribution in [3.05, 3.63) is 100 Å². The SMILES string of the molecule is CS(=O)(=O)N(CC(=O)N(Cc1ccccc1)C(Cc1ccccc1)C(=O)NC1CCCCC1)c1ccc(Cl)c(Cl)c1. The molecule has 0 aliphatic heterocycles. The smallest absolute Gasteiger partial charge is 0.244 e. The van der Waals surface area contributed by atoms with Crippen molar-refractivity contribution in [1.29, 1.82) is 0 Å². The molecule has 0 aromatic heterocycles. The largest absolute Gasteiger partial charge is 0.352 e. The zero-order valence-corrected chi connectivity index (χ0v) is 25.3. The molecule has 4 rings (SSSR count). The van der Waals surface area contributed by atoms with Crippen LogP contribution in [0.1, 0.15) is 43.2 Å². The Labute approximate surface area is 252 Å². The highest BCUT2D eigenvalue weighted by atomic mass is 35.5. The van der Waals surface area contributed by atoms with Crippen LogP contribution in [-0.4, -0.2) is 50.0 Å². The van der Waals surface area contributed by atoms with Crippen LogP contribution in [0, 0.1) is 0 Å². The molecule has 3 aromatic rings. The lowest BCUT2D eigenvalue weighted by molar-refractivity contribution is -0.140. The van der Waals surface area contributed by atoms with Crippen molar-refractivity contribution >= 4 is 50.7 Å². The van der Waals surface area contributed by atoms with Crippen molar-refractivity contribution in [3.63, 3.8) is 0 Å². The number of hydrogen-bond donors (Lipinski definition) is 1. The number of anilines is 1. The molecule has 218 valence electrons. The number of nitrogens with zero attached hydrogens (tertiary/aromatic N) is 2. The first-order chi connectivity index (χ1) is 19.6. The fourth-order valence-electron chi connectivity index (χ4n) is 5.13. The highest BCUT2D eigenvalue weighted by Crippen LogP contribution is 2.29. The Balaban J connectivity index is 1.71. The van der Waals surface area contributed by atoms with E-state index in [-0.39, 0.29) is 40.6 Å². The molecular formula is C31H35Cl2N3O4S. The predicted molar refractivity (Wildman–Crippen MR) is 165 cm³/mol. The van der Waals surface area contributed by atoms with Gasteiger partial charge in [-0.3, -0.25) is 13.9 Å². The monoisotopic (exact) mass is 615 g/mol. The van der Waals surface area contributed by atoms with E-state index < -0.39 is 28.5 Å². The van der Waals surface area contributed by atoms with Crippen molar-refractivity contribution in [3.8, 4) is 0 Å². The van der Waals surface area contributed by atoms with Crippen molar-refractivity contribution in [1.82, 2.24) is 10.2 Å². The first-order valence-electron chi connectivity index (χ1n) is 13.7. The van der Waals surface area contributed by atoms with E-state index in [1.165, 1.54) is 23.1 Å². The van der Waals surface area contributed by atoms with Gasteiger partial charge in [-0.15, -0.1) is 0 Å². The number of nitrogens with one attached hydrogen (secondary N) is 1. The van der Waals surface area contributed by atoms with E-state index in [0.29, 0.717) is 0 Å². The van der Waals surface area contributed by atoms with E-state index in [2.05, 4.69) is 5.32 Å². The molecule has 7 nitrogen and oxygen atoms in total. The zero-order chi connectivity index (χ0) is 29.4. The zero-order valence-electron chi connectivity index (χ0n) is 23.0. The van der Waals surface area contributed by atoms with E-state index in [9.17, 15) is 18.0 Å². The molecule has 0 spiro atoms. The highest BCUT2D eigenvalue weighted by molar-refractivity contribution is 7.92. The number of amides is 2. The summed E-state index contributed by atoms with van der Waals surface area (Å²) < 4.78 is 26.8. The van der Waals surface area contributed by atoms with Gasteiger partial charge in [-0.1, -0.05) is 103 Å². The topological polar surface area (TPSA) is 86.8 Å². The van der Waals surface area contributed by atoms with E-state index in [4.69, 9.17) is 23.2 Å². The maximum absolute atomic E-state index is 14.1. The van der Waals surface area contributed by atoms with Gasteiger partial charge in [0.2, 0.25) is 21.8 Å². The van der Waals surface area contributed by atoms with Crippen LogP contribution in [0.25, 0.3) is 0 Å². The third kappa shape index (κ3) is 8.71. The maximum Gasteiger partial charge on any atom is 0.244 e. The number of benzene rings is 3. The van der Waals surface area contributed by atoms with Crippen LogP contribution >= 0.6 is 23.2 Å². The van der Waals surface area contributed by atoms with Gasteiger partial charge in [-0.25, -0.2) is 8.42 Å². The van der Waals surface area contributed by atoms with Crippen molar-refractivity contribution < 1.29 is 18.0 Å². The van der Waals surface area contributed by atoms with Gasteiger partial charge in [0.25, 0.3) is 0 Å². The van der Waals surface area contributed by atoms with Crippen LogP contribution in [0.5, 0.6) is 0 Å². The minimum absolute atomic E-state index is 0.0481. The summed E-state index contributed by atoms with van der Waals surface area (Å²) in [5, 5.41) is 3.63. The molecular weight excluding hydrogens is 581 g/mol. The number of carbonyl (C=O) groups is 2. The predicted octanol–water partition coefficient (Wildman–Crippen LogP) is 5.85. The van der Waals surface area contributed by atoms with Gasteiger partial charge in [0.15, 0.2) is 0 Å². The molecule has 0 radical (unpaired) electrons. The van der Waals surface area contributed by atoms with Gasteiger partial charge in [-0.2, -0.15) is 0 Å². The summed E-state index contributed by atoms with van der Waals surface area (Å²) in [6, 6.07) is 22.5. The minimum Gasteiger partial charge on any atom is -0.352 e. The molecule has 1 fully saturated rings. The summed E-state index contributed by atoms with van der Waals surface area (Å²) >= 11 is 12.2. The summed E-state index contributed by atoms with van der Waals surface area (Å²) in [6.45, 7) is -0.375. The van der Waals surface area contributed by atoms with Gasteiger partial charge in [0.1, 0.15) is 12.6 Å². The number of halogens is 2. The summed E-state index contributed by atoms with van der Waals surface area (Å²) in [4.78, 5) is 29.6. The number of sulfonamides is 1. The lowest BCUT2D eigenvalue weighted by atomic mass is 9.94. The third-order valence-electron chi connectivity index (χ3n) is 7.29. The molecule has 1 N–H and O–H groups in total. The Hall–Kier alpha value is -3.07. The van der Waals surface area contributed by atoms with E-state index in [1.54, 1.807) is 0 Å². The Bertz CT molecular complexity index is 1430. The number of hydrogen-bond acceptors (Lipinski definition) is 4. The highest BCUT2D eigenvalue weighted by Gasteiger charge is 2.34. The van der Waals surface area contributed by atoms with Gasteiger partial charge in [0, 0.05) is 19.0 Å². The molecule has 3 aromatic carbocycles. The van der Waals surface area contributed by atoms with E-state index in [0.717, 1.165) is 53.8 Å². The molecule has 0 heterocycles. The second-order valence-corrected chi connectivity index (χ2v) is 13.1. The Morgan fingerprint density at radius 1 is 0.878 bits per heavy atom. The third-order valence-corrected chi connectivity index (χ3v) is 9.17. The van der Waals surface area contributed by atoms with Gasteiger partial charge < -0.3 is 10.2 Å². The molecule has 1 atom stereocenters. The molecule has 0 bridgehead atoms. The normalized spacial score (nSPS) is 14.7. The lowest BCUT2D eigenvalue weighted by Crippen LogP contribution is -2.55. The summed E-state index contributed by atoms with van der Waals surface area (Å²) in [6.07, 6.45) is 6.35. The summed E-state index contributed by atoms with van der Waals surface area (Å²) in [5.74, 6) is -0.754. The van der Waals surface area contributed by atoms with Crippen LogP contribution < -0.4 is 9.62 Å². The molecule has 41 heavy (non-hydrogen) atoms. The average Bonchev–Trinajstić information content (AvgIpc) is 2.96. The van der Waals surface area contributed by atoms with Crippen LogP contribution in [0.3, 0.4) is 0 Å². The van der Waals surface area contributed by atoms with Gasteiger partial charge in [-0.05, 0) is 42.2 Å². The molecule has 1 aliphatic carbocycles. The molecule has 1 unspecified atom stereocenters. The van der Waals surface area contributed by atoms with Crippen LogP contribution in [0.15, 0.2) is 78.9 Å². The standard InChI is InChI=1S/C31H35Cl2N3O4S/c1-41(39,40)36(26-17-18-27(32)28(33)20-26)22-30(37)35(21-24-13-7-3-8-14-24)29(19-23-11-5-2-6-12-23)31(38)34-25-15-9-4-10-16-25/h2-3,5-8,11-14,17-18,20,25,29H,4,9-10,15-16,19,21-22H2,1H3,(H,34,38). The first-order valence-corrected chi connectivity index (χ1v) is 16.3. The summed E-state index contributed by atoms with van der Waals surface area (Å²) in [5.41, 5.74) is 1.93. The van der Waals surface area contributed by atoms with Crippen LogP contribution in [-0.2, 0) is 32.6 Å². The lowest BCUT2D eigenvalue weighted by Gasteiger charge is -2.35. The second-order valence-electron chi connectivity index (χ2n) is 10.4. The van der Waals surface area contributed by atoms with Crippen LogP contribution in [0.4, 0.5) is 5.69 Å². The minimum atomic E-state index is -3.89. The van der Waals surface area contributed by atoms with Crippen LogP contribution in [0.2, 0.25) is 10.0 Å². The molecule has 1 aliphatic rings. The van der Waals surface area contributed by atoms with Gasteiger partial charge >= 0.3 is 0 Å². The first kappa shape index (κ1) is 30.9. The van der Waals surface area contributed by atoms with E-state index >= 15 is 0 Å². The van der Waals surface area contributed by atoms with Crippen molar-refractivity contribution in [2.75, 3.05) is 17.1 Å². The quantitative estimate of drug-likeness (QED) is 0.293. The summed E-state index contributed by atoms with van der Waals surface area (Å²) in [7, 11) is -3.89. The fraction of sp³-hybridized carbons (Fsp3) is 0.355. The second kappa shape index (κ2) is 14.2. The molecule has 0 saturated heterocycles. The van der Waals surface area contributed by atoms with Gasteiger partial charge in [0.05, 0.1) is 22.0 Å². The Morgan fingerprint density at radius 2 is 1.49 bits per heavy atom. The maximum atomic E-state index is 14.1. The number of rotatable bonds is 11.